The summed E-state index contributed by atoms with van der Waals surface area (Å²) >= 11 is 0. The Morgan fingerprint density at radius 2 is 1.80 bits per heavy atom. The Balaban J connectivity index is 1.92. The average Bonchev–Trinajstić information content (AvgIpc) is 2.48. The number of carbonyl (C=O) groups excluding carboxylic acids is 2. The van der Waals surface area contributed by atoms with Gasteiger partial charge in [-0.1, -0.05) is 38.1 Å². The first kappa shape index (κ1) is 14.8. The fourth-order valence-electron chi connectivity index (χ4n) is 2.49. The second-order valence-corrected chi connectivity index (χ2v) is 5.65. The van der Waals surface area contributed by atoms with Gasteiger partial charge in [0.05, 0.1) is 6.42 Å². The number of nitrogens with zero attached hydrogens (tertiary/aromatic N) is 1. The summed E-state index contributed by atoms with van der Waals surface area (Å²) in [5, 5.41) is 0. The molecule has 0 aromatic heterocycles. The van der Waals surface area contributed by atoms with E-state index in [1.165, 1.54) is 5.56 Å². The number of piperidine rings is 1. The molecule has 1 aromatic rings. The smallest absolute Gasteiger partial charge is 0.227 e. The zero-order valence-electron chi connectivity index (χ0n) is 12.4. The molecule has 0 spiro atoms. The molecule has 108 valence electrons. The van der Waals surface area contributed by atoms with Gasteiger partial charge in [0.15, 0.2) is 0 Å². The number of likely N-dealkylation sites (tertiary alicyclic amines) is 1. The second kappa shape index (κ2) is 6.69. The Morgan fingerprint density at radius 1 is 1.20 bits per heavy atom. The fraction of sp³-hybridized carbons (Fsp3) is 0.529. The van der Waals surface area contributed by atoms with E-state index in [0.717, 1.165) is 12.0 Å². The number of benzene rings is 1. The van der Waals surface area contributed by atoms with E-state index in [2.05, 4.69) is 38.1 Å². The number of hydrogen-bond donors (Lipinski definition) is 0. The van der Waals surface area contributed by atoms with Crippen LogP contribution in [0.3, 0.4) is 0 Å². The van der Waals surface area contributed by atoms with Gasteiger partial charge in [-0.3, -0.25) is 9.59 Å². The molecule has 0 N–H and O–H groups in total. The maximum Gasteiger partial charge on any atom is 0.227 e. The largest absolute Gasteiger partial charge is 0.342 e. The highest BCUT2D eigenvalue weighted by atomic mass is 16.2. The number of ketones is 1. The van der Waals surface area contributed by atoms with Gasteiger partial charge >= 0.3 is 0 Å². The first-order valence-electron chi connectivity index (χ1n) is 7.48. The third kappa shape index (κ3) is 3.69. The van der Waals surface area contributed by atoms with Crippen molar-refractivity contribution in [3.8, 4) is 0 Å². The molecule has 1 fully saturated rings. The van der Waals surface area contributed by atoms with Crippen molar-refractivity contribution < 1.29 is 9.59 Å². The van der Waals surface area contributed by atoms with E-state index >= 15 is 0 Å². The van der Waals surface area contributed by atoms with Gasteiger partial charge in [0, 0.05) is 25.9 Å². The molecule has 1 heterocycles. The third-order valence-electron chi connectivity index (χ3n) is 4.19. The van der Waals surface area contributed by atoms with Crippen LogP contribution in [0.5, 0.6) is 0 Å². The Bertz CT molecular complexity index is 468. The van der Waals surface area contributed by atoms with E-state index in [0.29, 0.717) is 38.3 Å². The highest BCUT2D eigenvalue weighted by molar-refractivity contribution is 5.84. The molecule has 0 aliphatic carbocycles. The second-order valence-electron chi connectivity index (χ2n) is 5.65. The summed E-state index contributed by atoms with van der Waals surface area (Å²) in [6.07, 6.45) is 2.59. The van der Waals surface area contributed by atoms with Crippen molar-refractivity contribution in [3.63, 3.8) is 0 Å². The molecule has 1 aromatic carbocycles. The summed E-state index contributed by atoms with van der Waals surface area (Å²) in [4.78, 5) is 25.2. The van der Waals surface area contributed by atoms with Crippen LogP contribution < -0.4 is 0 Å². The Hall–Kier alpha value is -1.64. The molecule has 1 saturated heterocycles. The molecule has 0 saturated carbocycles. The standard InChI is InChI=1S/C17H23NO2/c1-3-13(2)15-6-4-14(5-7-15)12-17(20)18-10-8-16(19)9-11-18/h4-7,13H,3,8-12H2,1-2H3. The first-order chi connectivity index (χ1) is 9.60. The number of Topliss-reactive ketones (excluding diaryl/α,β-unsaturated/α-hetero) is 1. The third-order valence-corrected chi connectivity index (χ3v) is 4.19. The van der Waals surface area contributed by atoms with E-state index in [-0.39, 0.29) is 11.7 Å². The Labute approximate surface area is 121 Å². The minimum atomic E-state index is 0.133. The Kier molecular flexibility index (Phi) is 4.94. The van der Waals surface area contributed by atoms with Gasteiger partial charge in [0.1, 0.15) is 5.78 Å². The molecule has 1 aliphatic heterocycles. The van der Waals surface area contributed by atoms with Crippen LogP contribution in [-0.2, 0) is 16.0 Å². The van der Waals surface area contributed by atoms with Crippen molar-refractivity contribution in [2.24, 2.45) is 0 Å². The van der Waals surface area contributed by atoms with Crippen LogP contribution in [0.15, 0.2) is 24.3 Å². The molecule has 0 radical (unpaired) electrons. The quantitative estimate of drug-likeness (QED) is 0.846. The van der Waals surface area contributed by atoms with E-state index in [9.17, 15) is 9.59 Å². The van der Waals surface area contributed by atoms with Crippen LogP contribution in [0.4, 0.5) is 0 Å². The van der Waals surface area contributed by atoms with Crippen molar-refractivity contribution in [2.45, 2.75) is 45.4 Å². The molecule has 20 heavy (non-hydrogen) atoms. The number of hydrogen-bond acceptors (Lipinski definition) is 2. The van der Waals surface area contributed by atoms with Gasteiger partial charge in [0.2, 0.25) is 5.91 Å². The average molecular weight is 273 g/mol. The van der Waals surface area contributed by atoms with Crippen LogP contribution in [0.1, 0.15) is 50.2 Å². The fourth-order valence-corrected chi connectivity index (χ4v) is 2.49. The Morgan fingerprint density at radius 3 is 2.35 bits per heavy atom. The van der Waals surface area contributed by atoms with Crippen molar-refractivity contribution >= 4 is 11.7 Å². The van der Waals surface area contributed by atoms with E-state index < -0.39 is 0 Å². The van der Waals surface area contributed by atoms with Crippen LogP contribution >= 0.6 is 0 Å². The molecular formula is C17H23NO2. The van der Waals surface area contributed by atoms with E-state index in [1.807, 2.05) is 4.90 Å². The van der Waals surface area contributed by atoms with Gasteiger partial charge in [0.25, 0.3) is 0 Å². The molecule has 3 heteroatoms. The van der Waals surface area contributed by atoms with Crippen molar-refractivity contribution in [1.82, 2.24) is 4.90 Å². The maximum atomic E-state index is 12.2. The van der Waals surface area contributed by atoms with Crippen LogP contribution in [0.25, 0.3) is 0 Å². The normalized spacial score (nSPS) is 17.1. The van der Waals surface area contributed by atoms with Crippen molar-refractivity contribution in [1.29, 1.82) is 0 Å². The molecule has 0 bridgehead atoms. The highest BCUT2D eigenvalue weighted by Gasteiger charge is 2.20. The summed E-state index contributed by atoms with van der Waals surface area (Å²) in [5.74, 6) is 0.966. The maximum absolute atomic E-state index is 12.2. The van der Waals surface area contributed by atoms with Gasteiger partial charge in [-0.05, 0) is 23.5 Å². The predicted molar refractivity (Wildman–Crippen MR) is 79.7 cm³/mol. The topological polar surface area (TPSA) is 37.4 Å². The van der Waals surface area contributed by atoms with E-state index in [1.54, 1.807) is 0 Å². The molecule has 1 unspecified atom stereocenters. The van der Waals surface area contributed by atoms with E-state index in [4.69, 9.17) is 0 Å². The summed E-state index contributed by atoms with van der Waals surface area (Å²) in [6, 6.07) is 8.34. The van der Waals surface area contributed by atoms with Gasteiger partial charge in [-0.2, -0.15) is 0 Å². The minimum absolute atomic E-state index is 0.133. The van der Waals surface area contributed by atoms with Gasteiger partial charge < -0.3 is 4.90 Å². The molecule has 1 atom stereocenters. The molecule has 3 nitrogen and oxygen atoms in total. The summed E-state index contributed by atoms with van der Waals surface area (Å²) in [6.45, 7) is 5.57. The lowest BCUT2D eigenvalue weighted by atomic mass is 9.97. The van der Waals surface area contributed by atoms with Crippen molar-refractivity contribution in [3.05, 3.63) is 35.4 Å². The molecule has 1 aliphatic rings. The molecular weight excluding hydrogens is 250 g/mol. The summed E-state index contributed by atoms with van der Waals surface area (Å²) in [7, 11) is 0. The predicted octanol–water partition coefficient (Wildman–Crippen LogP) is 2.93. The highest BCUT2D eigenvalue weighted by Crippen LogP contribution is 2.19. The lowest BCUT2D eigenvalue weighted by molar-refractivity contribution is -0.133. The molecule has 2 rings (SSSR count). The lowest BCUT2D eigenvalue weighted by Crippen LogP contribution is -2.39. The lowest BCUT2D eigenvalue weighted by Gasteiger charge is -2.26. The van der Waals surface area contributed by atoms with Crippen LogP contribution in [0.2, 0.25) is 0 Å². The number of amides is 1. The minimum Gasteiger partial charge on any atom is -0.342 e. The first-order valence-corrected chi connectivity index (χ1v) is 7.48. The SMILES string of the molecule is CCC(C)c1ccc(CC(=O)N2CCC(=O)CC2)cc1. The number of rotatable bonds is 4. The van der Waals surface area contributed by atoms with Crippen LogP contribution in [0, 0.1) is 0 Å². The number of carbonyl (C=O) groups is 2. The monoisotopic (exact) mass is 273 g/mol. The zero-order valence-corrected chi connectivity index (χ0v) is 12.4. The van der Waals surface area contributed by atoms with Gasteiger partial charge in [-0.15, -0.1) is 0 Å². The van der Waals surface area contributed by atoms with Crippen molar-refractivity contribution in [2.75, 3.05) is 13.1 Å². The zero-order chi connectivity index (χ0) is 14.5. The molecule has 1 amide bonds. The summed E-state index contributed by atoms with van der Waals surface area (Å²) in [5.41, 5.74) is 2.38. The van der Waals surface area contributed by atoms with Crippen LogP contribution in [-0.4, -0.2) is 29.7 Å². The summed E-state index contributed by atoms with van der Waals surface area (Å²) < 4.78 is 0. The van der Waals surface area contributed by atoms with Gasteiger partial charge in [-0.25, -0.2) is 0 Å².